The summed E-state index contributed by atoms with van der Waals surface area (Å²) < 4.78 is 0. The highest BCUT2D eigenvalue weighted by atomic mass is 32.1. The van der Waals surface area contributed by atoms with Gasteiger partial charge in [0.25, 0.3) is 5.91 Å². The maximum absolute atomic E-state index is 12.4. The van der Waals surface area contributed by atoms with Gasteiger partial charge < -0.3 is 0 Å². The van der Waals surface area contributed by atoms with Gasteiger partial charge in [-0.1, -0.05) is 36.8 Å². The molecule has 5 nitrogen and oxygen atoms in total. The molecular formula is C20H23N3O2S. The number of fused-ring (bicyclic) bond motifs is 2. The fourth-order valence-electron chi connectivity index (χ4n) is 4.41. The van der Waals surface area contributed by atoms with Crippen LogP contribution >= 0.6 is 11.3 Å². The van der Waals surface area contributed by atoms with Crippen molar-refractivity contribution in [1.82, 2.24) is 15.8 Å². The SMILES string of the molecule is Cc1nc(-c2ccccc2)sc1C(=O)NNC(=O)C[C@@H]1C[C@H]2CC[C@@H]1C2. The number of amides is 2. The molecule has 1 aromatic carbocycles. The van der Waals surface area contributed by atoms with Gasteiger partial charge in [-0.25, -0.2) is 4.98 Å². The van der Waals surface area contributed by atoms with Crippen molar-refractivity contribution in [1.29, 1.82) is 0 Å². The van der Waals surface area contributed by atoms with Gasteiger partial charge in [-0.2, -0.15) is 0 Å². The monoisotopic (exact) mass is 369 g/mol. The molecule has 2 saturated carbocycles. The van der Waals surface area contributed by atoms with Gasteiger partial charge in [-0.3, -0.25) is 20.4 Å². The molecule has 0 radical (unpaired) electrons. The molecule has 0 spiro atoms. The van der Waals surface area contributed by atoms with Crippen molar-refractivity contribution in [3.63, 3.8) is 0 Å². The summed E-state index contributed by atoms with van der Waals surface area (Å²) >= 11 is 1.34. The molecule has 2 N–H and O–H groups in total. The van der Waals surface area contributed by atoms with Crippen LogP contribution in [0, 0.1) is 24.7 Å². The largest absolute Gasteiger partial charge is 0.281 e. The average molecular weight is 369 g/mol. The van der Waals surface area contributed by atoms with Crippen molar-refractivity contribution in [2.24, 2.45) is 17.8 Å². The molecule has 3 atom stereocenters. The van der Waals surface area contributed by atoms with Crippen LogP contribution in [-0.2, 0) is 4.79 Å². The van der Waals surface area contributed by atoms with Gasteiger partial charge in [0.15, 0.2) is 0 Å². The van der Waals surface area contributed by atoms with Gasteiger partial charge in [-0.15, -0.1) is 11.3 Å². The van der Waals surface area contributed by atoms with E-state index in [0.717, 1.165) is 16.5 Å². The summed E-state index contributed by atoms with van der Waals surface area (Å²) in [6.45, 7) is 1.81. The van der Waals surface area contributed by atoms with Crippen LogP contribution in [0.3, 0.4) is 0 Å². The Labute approximate surface area is 157 Å². The highest BCUT2D eigenvalue weighted by Gasteiger charge is 2.40. The van der Waals surface area contributed by atoms with E-state index >= 15 is 0 Å². The number of hydrazine groups is 1. The molecule has 2 aliphatic carbocycles. The number of aryl methyl sites for hydroxylation is 1. The van der Waals surface area contributed by atoms with E-state index in [-0.39, 0.29) is 11.8 Å². The van der Waals surface area contributed by atoms with E-state index in [2.05, 4.69) is 15.8 Å². The molecular weight excluding hydrogens is 346 g/mol. The van der Waals surface area contributed by atoms with Crippen LogP contribution in [0.15, 0.2) is 30.3 Å². The maximum atomic E-state index is 12.4. The summed E-state index contributed by atoms with van der Waals surface area (Å²) in [6.07, 6.45) is 5.55. The Morgan fingerprint density at radius 3 is 2.65 bits per heavy atom. The molecule has 0 unspecified atom stereocenters. The van der Waals surface area contributed by atoms with Gasteiger partial charge in [0.1, 0.15) is 9.88 Å². The Morgan fingerprint density at radius 2 is 1.96 bits per heavy atom. The first kappa shape index (κ1) is 17.2. The zero-order valence-electron chi connectivity index (χ0n) is 14.8. The second-order valence-electron chi connectivity index (χ2n) is 7.44. The van der Waals surface area contributed by atoms with Gasteiger partial charge in [0.05, 0.1) is 5.69 Å². The molecule has 2 aliphatic rings. The van der Waals surface area contributed by atoms with Crippen LogP contribution in [0.5, 0.6) is 0 Å². The van der Waals surface area contributed by atoms with Crippen LogP contribution in [0.1, 0.15) is 47.5 Å². The summed E-state index contributed by atoms with van der Waals surface area (Å²) in [5, 5.41) is 0.807. The summed E-state index contributed by atoms with van der Waals surface area (Å²) in [5.41, 5.74) is 6.80. The Bertz CT molecular complexity index is 818. The van der Waals surface area contributed by atoms with E-state index in [4.69, 9.17) is 0 Å². The number of nitrogens with one attached hydrogen (secondary N) is 2. The van der Waals surface area contributed by atoms with Crippen molar-refractivity contribution in [2.75, 3.05) is 0 Å². The lowest BCUT2D eigenvalue weighted by atomic mass is 9.86. The standard InChI is InChI=1S/C20H23N3O2S/c1-12-18(26-20(21-12)14-5-3-2-4-6-14)19(25)23-22-17(24)11-16-10-13-7-8-15(16)9-13/h2-6,13,15-16H,7-11H2,1H3,(H,22,24)(H,23,25)/t13-,15+,16-/m0/s1. The molecule has 4 rings (SSSR count). The van der Waals surface area contributed by atoms with Gasteiger partial charge in [0.2, 0.25) is 5.91 Å². The third-order valence-corrected chi connectivity index (χ3v) is 6.88. The number of benzene rings is 1. The van der Waals surface area contributed by atoms with Crippen molar-refractivity contribution in [3.8, 4) is 10.6 Å². The third-order valence-electron chi connectivity index (χ3n) is 5.67. The molecule has 0 saturated heterocycles. The number of thiazole rings is 1. The fraction of sp³-hybridized carbons (Fsp3) is 0.450. The van der Waals surface area contributed by atoms with Crippen molar-refractivity contribution in [3.05, 3.63) is 40.9 Å². The van der Waals surface area contributed by atoms with E-state index in [1.54, 1.807) is 0 Å². The first-order valence-electron chi connectivity index (χ1n) is 9.22. The molecule has 2 aromatic rings. The number of rotatable bonds is 4. The number of hydrogen-bond acceptors (Lipinski definition) is 4. The zero-order valence-corrected chi connectivity index (χ0v) is 15.6. The molecule has 2 amide bonds. The van der Waals surface area contributed by atoms with Crippen LogP contribution in [0.25, 0.3) is 10.6 Å². The van der Waals surface area contributed by atoms with Crippen molar-refractivity contribution >= 4 is 23.2 Å². The summed E-state index contributed by atoms with van der Waals surface area (Å²) in [5.74, 6) is 1.62. The van der Waals surface area contributed by atoms with Crippen LogP contribution < -0.4 is 10.9 Å². The molecule has 0 aliphatic heterocycles. The van der Waals surface area contributed by atoms with Crippen LogP contribution in [-0.4, -0.2) is 16.8 Å². The molecule has 136 valence electrons. The van der Waals surface area contributed by atoms with Crippen LogP contribution in [0.4, 0.5) is 0 Å². The van der Waals surface area contributed by atoms with Crippen LogP contribution in [0.2, 0.25) is 0 Å². The molecule has 1 aromatic heterocycles. The maximum Gasteiger partial charge on any atom is 0.281 e. The summed E-state index contributed by atoms with van der Waals surface area (Å²) in [6, 6.07) is 9.78. The minimum Gasteiger partial charge on any atom is -0.273 e. The Balaban J connectivity index is 1.33. The molecule has 2 bridgehead atoms. The number of hydrogen-bond donors (Lipinski definition) is 2. The number of carbonyl (C=O) groups is 2. The second-order valence-corrected chi connectivity index (χ2v) is 8.44. The number of nitrogens with zero attached hydrogens (tertiary/aromatic N) is 1. The quantitative estimate of drug-likeness (QED) is 0.807. The second kappa shape index (κ2) is 7.19. The number of aromatic nitrogens is 1. The summed E-state index contributed by atoms with van der Waals surface area (Å²) in [7, 11) is 0. The lowest BCUT2D eigenvalue weighted by molar-refractivity contribution is -0.123. The first-order chi connectivity index (χ1) is 12.6. The highest BCUT2D eigenvalue weighted by Crippen LogP contribution is 2.49. The minimum absolute atomic E-state index is 0.0960. The Kier molecular flexibility index (Phi) is 4.76. The van der Waals surface area contributed by atoms with Gasteiger partial charge in [-0.05, 0) is 43.9 Å². The Morgan fingerprint density at radius 1 is 1.15 bits per heavy atom. The van der Waals surface area contributed by atoms with E-state index in [1.807, 2.05) is 37.3 Å². The van der Waals surface area contributed by atoms with E-state index < -0.39 is 0 Å². The first-order valence-corrected chi connectivity index (χ1v) is 10.0. The molecule has 26 heavy (non-hydrogen) atoms. The van der Waals surface area contributed by atoms with Gasteiger partial charge >= 0.3 is 0 Å². The molecule has 1 heterocycles. The lowest BCUT2D eigenvalue weighted by Gasteiger charge is -2.20. The minimum atomic E-state index is -0.302. The lowest BCUT2D eigenvalue weighted by Crippen LogP contribution is -2.42. The smallest absolute Gasteiger partial charge is 0.273 e. The van der Waals surface area contributed by atoms with Crippen molar-refractivity contribution in [2.45, 2.75) is 39.0 Å². The Hall–Kier alpha value is -2.21. The van der Waals surface area contributed by atoms with E-state index in [1.165, 1.54) is 37.0 Å². The number of carbonyl (C=O) groups excluding carboxylic acids is 2. The predicted octanol–water partition coefficient (Wildman–Crippen LogP) is 3.71. The van der Waals surface area contributed by atoms with E-state index in [9.17, 15) is 9.59 Å². The zero-order chi connectivity index (χ0) is 18.1. The highest BCUT2D eigenvalue weighted by molar-refractivity contribution is 7.17. The van der Waals surface area contributed by atoms with E-state index in [0.29, 0.717) is 28.8 Å². The fourth-order valence-corrected chi connectivity index (χ4v) is 5.38. The normalized spacial score (nSPS) is 23.8. The summed E-state index contributed by atoms with van der Waals surface area (Å²) in [4.78, 5) is 29.6. The average Bonchev–Trinajstić information content (AvgIpc) is 3.36. The molecule has 6 heteroatoms. The van der Waals surface area contributed by atoms with Crippen molar-refractivity contribution < 1.29 is 9.59 Å². The topological polar surface area (TPSA) is 71.1 Å². The molecule has 2 fully saturated rings. The van der Waals surface area contributed by atoms with Gasteiger partial charge in [0, 0.05) is 12.0 Å². The third kappa shape index (κ3) is 3.51. The predicted molar refractivity (Wildman–Crippen MR) is 101 cm³/mol.